The largest absolute Gasteiger partial charge is 0.465 e. The standard InChI is InChI=1S/C19H13ClN2O5/c1-27-19(24)15-8-11-4-2-3-5-12(11)9-16(15)21-18(23)14-7-6-13(20)10-17(14)22(25)26/h2-10H,1H3,(H,21,23). The molecule has 136 valence electrons. The van der Waals surface area contributed by atoms with Gasteiger partial charge in [-0.2, -0.15) is 0 Å². The number of amides is 1. The van der Waals surface area contributed by atoms with Crippen molar-refractivity contribution in [2.24, 2.45) is 0 Å². The lowest BCUT2D eigenvalue weighted by Crippen LogP contribution is -2.17. The second kappa shape index (κ2) is 7.43. The Labute approximate surface area is 158 Å². The van der Waals surface area contributed by atoms with Gasteiger partial charge >= 0.3 is 5.97 Å². The van der Waals surface area contributed by atoms with Crippen molar-refractivity contribution in [2.75, 3.05) is 12.4 Å². The van der Waals surface area contributed by atoms with Crippen molar-refractivity contribution in [2.45, 2.75) is 0 Å². The molecule has 0 bridgehead atoms. The van der Waals surface area contributed by atoms with Crippen molar-refractivity contribution in [3.05, 3.63) is 80.9 Å². The molecule has 0 aromatic heterocycles. The first-order valence-electron chi connectivity index (χ1n) is 7.77. The Bertz CT molecular complexity index is 1080. The van der Waals surface area contributed by atoms with Gasteiger partial charge in [0.05, 0.1) is 23.3 Å². The summed E-state index contributed by atoms with van der Waals surface area (Å²) in [7, 11) is 1.23. The molecule has 1 amide bonds. The maximum Gasteiger partial charge on any atom is 0.339 e. The molecule has 0 fully saturated rings. The molecule has 0 aliphatic carbocycles. The number of nitro groups is 1. The Kier molecular flexibility index (Phi) is 5.05. The first kappa shape index (κ1) is 18.3. The maximum atomic E-state index is 12.6. The fraction of sp³-hybridized carbons (Fsp3) is 0.0526. The first-order valence-corrected chi connectivity index (χ1v) is 8.15. The Morgan fingerprint density at radius 3 is 2.33 bits per heavy atom. The third-order valence-electron chi connectivity index (χ3n) is 3.94. The lowest BCUT2D eigenvalue weighted by atomic mass is 10.0. The SMILES string of the molecule is COC(=O)c1cc2ccccc2cc1NC(=O)c1ccc(Cl)cc1[N+](=O)[O-]. The number of benzene rings is 3. The zero-order valence-corrected chi connectivity index (χ0v) is 14.8. The Hall–Kier alpha value is -3.45. The van der Waals surface area contributed by atoms with Gasteiger partial charge in [-0.15, -0.1) is 0 Å². The number of nitrogens with zero attached hydrogens (tertiary/aromatic N) is 1. The van der Waals surface area contributed by atoms with E-state index in [1.807, 2.05) is 24.3 Å². The topological polar surface area (TPSA) is 98.5 Å². The normalized spacial score (nSPS) is 10.4. The number of rotatable bonds is 4. The van der Waals surface area contributed by atoms with E-state index in [0.29, 0.717) is 0 Å². The molecule has 3 aromatic rings. The number of ether oxygens (including phenoxy) is 1. The molecule has 0 spiro atoms. The van der Waals surface area contributed by atoms with Gasteiger partial charge in [-0.3, -0.25) is 14.9 Å². The number of esters is 1. The summed E-state index contributed by atoms with van der Waals surface area (Å²) in [6.07, 6.45) is 0. The van der Waals surface area contributed by atoms with Gasteiger partial charge in [-0.05, 0) is 35.0 Å². The lowest BCUT2D eigenvalue weighted by Gasteiger charge is -2.12. The summed E-state index contributed by atoms with van der Waals surface area (Å²) < 4.78 is 4.77. The molecule has 0 aliphatic heterocycles. The molecule has 8 heteroatoms. The molecule has 0 saturated heterocycles. The minimum atomic E-state index is -0.737. The molecular formula is C19H13ClN2O5. The number of hydrogen-bond donors (Lipinski definition) is 1. The van der Waals surface area contributed by atoms with Gasteiger partial charge in [-0.1, -0.05) is 35.9 Å². The van der Waals surface area contributed by atoms with Gasteiger partial charge in [0.15, 0.2) is 0 Å². The molecule has 0 unspecified atom stereocenters. The number of nitrogens with one attached hydrogen (secondary N) is 1. The van der Waals surface area contributed by atoms with Crippen LogP contribution in [0.25, 0.3) is 10.8 Å². The molecule has 0 radical (unpaired) electrons. The summed E-state index contributed by atoms with van der Waals surface area (Å²) in [5.74, 6) is -1.37. The van der Waals surface area contributed by atoms with Crippen LogP contribution in [-0.4, -0.2) is 23.9 Å². The molecule has 27 heavy (non-hydrogen) atoms. The van der Waals surface area contributed by atoms with E-state index in [4.69, 9.17) is 16.3 Å². The van der Waals surface area contributed by atoms with E-state index < -0.39 is 22.5 Å². The summed E-state index contributed by atoms with van der Waals surface area (Å²) in [6, 6.07) is 14.2. The average molecular weight is 385 g/mol. The van der Waals surface area contributed by atoms with Crippen molar-refractivity contribution in [3.8, 4) is 0 Å². The van der Waals surface area contributed by atoms with Crippen LogP contribution >= 0.6 is 11.6 Å². The molecule has 0 heterocycles. The average Bonchev–Trinajstić information content (AvgIpc) is 2.66. The Balaban J connectivity index is 2.07. The van der Waals surface area contributed by atoms with Crippen LogP contribution < -0.4 is 5.32 Å². The second-order valence-electron chi connectivity index (χ2n) is 5.61. The van der Waals surface area contributed by atoms with Crippen LogP contribution in [0.4, 0.5) is 11.4 Å². The Morgan fingerprint density at radius 2 is 1.70 bits per heavy atom. The van der Waals surface area contributed by atoms with E-state index in [9.17, 15) is 19.7 Å². The molecule has 0 saturated carbocycles. The highest BCUT2D eigenvalue weighted by Gasteiger charge is 2.23. The summed E-state index contributed by atoms with van der Waals surface area (Å²) in [4.78, 5) is 35.3. The van der Waals surface area contributed by atoms with E-state index in [-0.39, 0.29) is 21.8 Å². The minimum absolute atomic E-state index is 0.138. The minimum Gasteiger partial charge on any atom is -0.465 e. The monoisotopic (exact) mass is 384 g/mol. The van der Waals surface area contributed by atoms with Crippen molar-refractivity contribution in [1.82, 2.24) is 0 Å². The highest BCUT2D eigenvalue weighted by molar-refractivity contribution is 6.31. The fourth-order valence-corrected chi connectivity index (χ4v) is 2.83. The number of halogens is 1. The molecule has 3 aromatic carbocycles. The van der Waals surface area contributed by atoms with E-state index in [2.05, 4.69) is 5.32 Å². The molecular weight excluding hydrogens is 372 g/mol. The van der Waals surface area contributed by atoms with Gasteiger partial charge in [0.25, 0.3) is 11.6 Å². The smallest absolute Gasteiger partial charge is 0.339 e. The number of anilines is 1. The molecule has 3 rings (SSSR count). The van der Waals surface area contributed by atoms with E-state index in [1.54, 1.807) is 12.1 Å². The Morgan fingerprint density at radius 1 is 1.04 bits per heavy atom. The quantitative estimate of drug-likeness (QED) is 0.407. The predicted molar refractivity (Wildman–Crippen MR) is 101 cm³/mol. The highest BCUT2D eigenvalue weighted by Crippen LogP contribution is 2.28. The van der Waals surface area contributed by atoms with Crippen molar-refractivity contribution in [3.63, 3.8) is 0 Å². The number of fused-ring (bicyclic) bond motifs is 1. The van der Waals surface area contributed by atoms with Crippen molar-refractivity contribution >= 4 is 45.6 Å². The molecule has 7 nitrogen and oxygen atoms in total. The first-order chi connectivity index (χ1) is 12.9. The van der Waals surface area contributed by atoms with Crippen molar-refractivity contribution < 1.29 is 19.2 Å². The zero-order chi connectivity index (χ0) is 19.6. The molecule has 0 atom stereocenters. The fourth-order valence-electron chi connectivity index (χ4n) is 2.66. The summed E-state index contributed by atoms with van der Waals surface area (Å²) >= 11 is 5.78. The van der Waals surface area contributed by atoms with Crippen LogP contribution in [0.5, 0.6) is 0 Å². The number of carbonyl (C=O) groups excluding carboxylic acids is 2. The highest BCUT2D eigenvalue weighted by atomic mass is 35.5. The van der Waals surface area contributed by atoms with Gasteiger partial charge in [0, 0.05) is 11.1 Å². The lowest BCUT2D eigenvalue weighted by molar-refractivity contribution is -0.385. The third kappa shape index (κ3) is 3.73. The molecule has 0 aliphatic rings. The number of methoxy groups -OCH3 is 1. The van der Waals surface area contributed by atoms with Crippen LogP contribution in [0.1, 0.15) is 20.7 Å². The number of hydrogen-bond acceptors (Lipinski definition) is 5. The zero-order valence-electron chi connectivity index (χ0n) is 14.1. The van der Waals surface area contributed by atoms with Gasteiger partial charge in [0.1, 0.15) is 5.56 Å². The third-order valence-corrected chi connectivity index (χ3v) is 4.18. The van der Waals surface area contributed by atoms with E-state index in [0.717, 1.165) is 16.8 Å². The van der Waals surface area contributed by atoms with Crippen LogP contribution in [0.2, 0.25) is 5.02 Å². The van der Waals surface area contributed by atoms with Crippen LogP contribution in [0, 0.1) is 10.1 Å². The summed E-state index contributed by atoms with van der Waals surface area (Å²) in [6.45, 7) is 0. The number of carbonyl (C=O) groups is 2. The summed E-state index contributed by atoms with van der Waals surface area (Å²) in [5, 5.41) is 15.5. The van der Waals surface area contributed by atoms with E-state index in [1.165, 1.54) is 19.2 Å². The van der Waals surface area contributed by atoms with Crippen LogP contribution in [0.15, 0.2) is 54.6 Å². The van der Waals surface area contributed by atoms with Gasteiger partial charge < -0.3 is 10.1 Å². The van der Waals surface area contributed by atoms with Crippen LogP contribution in [-0.2, 0) is 4.74 Å². The van der Waals surface area contributed by atoms with Crippen molar-refractivity contribution in [1.29, 1.82) is 0 Å². The van der Waals surface area contributed by atoms with Crippen LogP contribution in [0.3, 0.4) is 0 Å². The van der Waals surface area contributed by atoms with Gasteiger partial charge in [-0.25, -0.2) is 4.79 Å². The summed E-state index contributed by atoms with van der Waals surface area (Å²) in [5.41, 5.74) is -0.273. The maximum absolute atomic E-state index is 12.6. The van der Waals surface area contributed by atoms with E-state index >= 15 is 0 Å². The predicted octanol–water partition coefficient (Wildman–Crippen LogP) is 4.44. The molecule has 1 N–H and O–H groups in total. The number of nitro benzene ring substituents is 1. The van der Waals surface area contributed by atoms with Gasteiger partial charge in [0.2, 0.25) is 0 Å². The second-order valence-corrected chi connectivity index (χ2v) is 6.05.